The molecule has 0 radical (unpaired) electrons. The van der Waals surface area contributed by atoms with Crippen LogP contribution in [0.3, 0.4) is 0 Å². The molecule has 0 saturated heterocycles. The van der Waals surface area contributed by atoms with Crippen molar-refractivity contribution in [1.82, 2.24) is 9.80 Å². The molecule has 0 heterocycles. The van der Waals surface area contributed by atoms with Crippen molar-refractivity contribution in [2.45, 2.75) is 298 Å². The number of hydrogen-bond acceptors (Lipinski definition) is 9. The number of ether oxygens (including phenoxy) is 4. The van der Waals surface area contributed by atoms with E-state index >= 15 is 0 Å². The highest BCUT2D eigenvalue weighted by Crippen LogP contribution is 2.46. The monoisotopic (exact) mass is 1000 g/mol. The summed E-state index contributed by atoms with van der Waals surface area (Å²) in [5.74, 6) is 3.96. The Kier molecular flexibility index (Phi) is 42.9. The van der Waals surface area contributed by atoms with E-state index in [9.17, 15) is 14.4 Å². The van der Waals surface area contributed by atoms with Crippen molar-refractivity contribution in [1.29, 1.82) is 0 Å². The molecule has 4 unspecified atom stereocenters. The van der Waals surface area contributed by atoms with Gasteiger partial charge >= 0.3 is 18.1 Å². The van der Waals surface area contributed by atoms with E-state index in [1.54, 1.807) is 0 Å². The number of nitrogens with zero attached hydrogens (tertiary/aromatic N) is 2. The lowest BCUT2D eigenvalue weighted by Crippen LogP contribution is -2.37. The fraction of sp³-hybridized carbons (Fsp3) is 0.952. The van der Waals surface area contributed by atoms with Crippen LogP contribution >= 0.6 is 0 Å². The van der Waals surface area contributed by atoms with Crippen LogP contribution < -0.4 is 0 Å². The molecule has 0 aromatic carbocycles. The van der Waals surface area contributed by atoms with E-state index in [4.69, 9.17) is 18.9 Å². The highest BCUT2D eigenvalue weighted by atomic mass is 16.7. The molecule has 9 heteroatoms. The van der Waals surface area contributed by atoms with Crippen LogP contribution in [0.15, 0.2) is 0 Å². The lowest BCUT2D eigenvalue weighted by Gasteiger charge is -2.25. The summed E-state index contributed by atoms with van der Waals surface area (Å²) in [6.07, 6.45) is 47.1. The number of unbranched alkanes of at least 4 members (excludes halogenated alkanes) is 24. The van der Waals surface area contributed by atoms with Crippen LogP contribution in [0.1, 0.15) is 291 Å². The third-order valence-electron chi connectivity index (χ3n) is 16.2. The zero-order chi connectivity index (χ0) is 51.3. The third-order valence-corrected chi connectivity index (χ3v) is 16.2. The van der Waals surface area contributed by atoms with Gasteiger partial charge < -0.3 is 23.8 Å². The molecule has 0 spiro atoms. The van der Waals surface area contributed by atoms with Gasteiger partial charge in [0, 0.05) is 32.5 Å². The lowest BCUT2D eigenvalue weighted by molar-refractivity contribution is -0.144. The van der Waals surface area contributed by atoms with Gasteiger partial charge in [0.1, 0.15) is 12.7 Å². The molecule has 2 saturated carbocycles. The molecule has 418 valence electrons. The first kappa shape index (κ1) is 65.2. The maximum absolute atomic E-state index is 12.9. The Morgan fingerprint density at radius 2 is 0.732 bits per heavy atom. The molecular weight excluding hydrogens is 885 g/mol. The van der Waals surface area contributed by atoms with Crippen molar-refractivity contribution in [2.24, 2.45) is 23.7 Å². The van der Waals surface area contributed by atoms with Crippen molar-refractivity contribution < 1.29 is 33.3 Å². The number of esters is 2. The van der Waals surface area contributed by atoms with E-state index in [-0.39, 0.29) is 18.0 Å². The SMILES string of the molecule is CCCCCCCCC1CC1CCCCCCCC(=O)OCCCCCCC(CCCCCCOC(=O)CCCCCCCC1CC1CCCCCCCC)OC(=O)OCCN(CC)CCN(CC)CC. The fourth-order valence-corrected chi connectivity index (χ4v) is 10.9. The summed E-state index contributed by atoms with van der Waals surface area (Å²) in [6.45, 7) is 18.1. The smallest absolute Gasteiger partial charge is 0.466 e. The van der Waals surface area contributed by atoms with Crippen LogP contribution in [0, 0.1) is 23.7 Å². The van der Waals surface area contributed by atoms with Crippen LogP contribution in [-0.4, -0.2) is 93.1 Å². The average molecular weight is 1000 g/mol. The second-order valence-corrected chi connectivity index (χ2v) is 22.4. The molecule has 4 atom stereocenters. The van der Waals surface area contributed by atoms with E-state index in [2.05, 4.69) is 44.4 Å². The van der Waals surface area contributed by atoms with Crippen molar-refractivity contribution in [3.05, 3.63) is 0 Å². The van der Waals surface area contributed by atoms with E-state index in [1.165, 1.54) is 154 Å². The molecule has 0 N–H and O–H groups in total. The Bertz CT molecular complexity index is 1160. The maximum Gasteiger partial charge on any atom is 0.508 e. The number of carbonyl (C=O) groups is 3. The molecule has 0 aliphatic heterocycles. The van der Waals surface area contributed by atoms with Crippen molar-refractivity contribution in [2.75, 3.05) is 59.1 Å². The van der Waals surface area contributed by atoms with Gasteiger partial charge in [-0.05, 0) is 108 Å². The first-order valence-electron chi connectivity index (χ1n) is 31.4. The molecule has 2 aliphatic rings. The predicted octanol–water partition coefficient (Wildman–Crippen LogP) is 17.4. The van der Waals surface area contributed by atoms with Crippen molar-refractivity contribution in [3.63, 3.8) is 0 Å². The minimum atomic E-state index is -0.565. The van der Waals surface area contributed by atoms with Crippen LogP contribution in [0.4, 0.5) is 4.79 Å². The summed E-state index contributed by atoms with van der Waals surface area (Å²) in [5, 5.41) is 0. The summed E-state index contributed by atoms with van der Waals surface area (Å²) in [6, 6.07) is 0. The standard InChI is InChI=1S/C62H118N2O7/c1-6-11-13-15-19-29-39-55-53-57(55)41-31-21-17-23-35-45-60(65)68-50-37-27-25-33-43-59(71-62(67)70-52-49-64(10-5)48-47-63(8-3)9-4)44-34-26-28-38-51-69-61(66)46-36-24-18-22-32-42-58-54-56(58)40-30-20-16-14-12-7-2/h55-59H,6-54H2,1-5H3. The molecule has 0 aromatic rings. The Hall–Kier alpha value is -1.87. The molecule has 2 rings (SSSR count). The summed E-state index contributed by atoms with van der Waals surface area (Å²) in [4.78, 5) is 42.3. The van der Waals surface area contributed by atoms with Gasteiger partial charge in [-0.25, -0.2) is 4.79 Å². The largest absolute Gasteiger partial charge is 0.508 e. The number of likely N-dealkylation sites (N-methyl/N-ethyl adjacent to an activating group) is 2. The molecular formula is C62H118N2O7. The maximum atomic E-state index is 12.9. The molecule has 0 bridgehead atoms. The Balaban J connectivity index is 1.52. The summed E-state index contributed by atoms with van der Waals surface area (Å²) in [5.41, 5.74) is 0. The first-order valence-corrected chi connectivity index (χ1v) is 31.4. The van der Waals surface area contributed by atoms with Gasteiger partial charge in [-0.15, -0.1) is 0 Å². The van der Waals surface area contributed by atoms with Gasteiger partial charge in [0.25, 0.3) is 0 Å². The van der Waals surface area contributed by atoms with E-state index in [0.29, 0.717) is 39.2 Å². The fourth-order valence-electron chi connectivity index (χ4n) is 10.9. The zero-order valence-electron chi connectivity index (χ0n) is 47.8. The van der Waals surface area contributed by atoms with E-state index in [0.717, 1.165) is 146 Å². The van der Waals surface area contributed by atoms with Gasteiger partial charge in [-0.1, -0.05) is 214 Å². The van der Waals surface area contributed by atoms with Crippen molar-refractivity contribution >= 4 is 18.1 Å². The lowest BCUT2D eigenvalue weighted by atomic mass is 10.0. The molecule has 71 heavy (non-hydrogen) atoms. The van der Waals surface area contributed by atoms with Gasteiger partial charge in [0.15, 0.2) is 0 Å². The van der Waals surface area contributed by atoms with Gasteiger partial charge in [-0.2, -0.15) is 0 Å². The van der Waals surface area contributed by atoms with Crippen LogP contribution in [0.2, 0.25) is 0 Å². The van der Waals surface area contributed by atoms with Crippen LogP contribution in [0.25, 0.3) is 0 Å². The number of rotatable bonds is 54. The minimum absolute atomic E-state index is 0.0529. The minimum Gasteiger partial charge on any atom is -0.466 e. The Labute approximate surface area is 439 Å². The molecule has 0 aromatic heterocycles. The summed E-state index contributed by atoms with van der Waals surface area (Å²) < 4.78 is 22.6. The highest BCUT2D eigenvalue weighted by Gasteiger charge is 2.35. The molecule has 0 amide bonds. The van der Waals surface area contributed by atoms with Gasteiger partial charge in [0.05, 0.1) is 13.2 Å². The second-order valence-electron chi connectivity index (χ2n) is 22.4. The Morgan fingerprint density at radius 3 is 1.14 bits per heavy atom. The van der Waals surface area contributed by atoms with Crippen molar-refractivity contribution in [3.8, 4) is 0 Å². The number of hydrogen-bond donors (Lipinski definition) is 0. The highest BCUT2D eigenvalue weighted by molar-refractivity contribution is 5.69. The first-order chi connectivity index (χ1) is 34.8. The quantitative estimate of drug-likeness (QED) is 0.0335. The molecule has 2 aliphatic carbocycles. The van der Waals surface area contributed by atoms with Crippen LogP contribution in [-0.2, 0) is 28.5 Å². The average Bonchev–Trinajstić information content (AvgIpc) is 4.31. The second kappa shape index (κ2) is 46.6. The predicted molar refractivity (Wildman–Crippen MR) is 298 cm³/mol. The summed E-state index contributed by atoms with van der Waals surface area (Å²) in [7, 11) is 0. The van der Waals surface area contributed by atoms with Gasteiger partial charge in [-0.3, -0.25) is 14.5 Å². The van der Waals surface area contributed by atoms with E-state index < -0.39 is 6.16 Å². The van der Waals surface area contributed by atoms with E-state index in [1.807, 2.05) is 0 Å². The summed E-state index contributed by atoms with van der Waals surface area (Å²) >= 11 is 0. The normalized spacial score (nSPS) is 17.7. The topological polar surface area (TPSA) is 94.6 Å². The van der Waals surface area contributed by atoms with Gasteiger partial charge in [0.2, 0.25) is 0 Å². The molecule has 2 fully saturated rings. The molecule has 9 nitrogen and oxygen atoms in total. The third kappa shape index (κ3) is 39.2. The zero-order valence-corrected chi connectivity index (χ0v) is 47.8. The van der Waals surface area contributed by atoms with Crippen LogP contribution in [0.5, 0.6) is 0 Å². The number of carbonyl (C=O) groups excluding carboxylic acids is 3. The Morgan fingerprint density at radius 1 is 0.380 bits per heavy atom.